The lowest BCUT2D eigenvalue weighted by Crippen LogP contribution is -2.27. The summed E-state index contributed by atoms with van der Waals surface area (Å²) < 4.78 is 19.5. The number of benzene rings is 2. The molecule has 0 saturated carbocycles. The number of aromatic nitrogens is 2. The lowest BCUT2D eigenvalue weighted by Gasteiger charge is -2.16. The summed E-state index contributed by atoms with van der Waals surface area (Å²) in [5.74, 6) is 0.214. The van der Waals surface area contributed by atoms with E-state index in [1.54, 1.807) is 24.1 Å². The monoisotopic (exact) mass is 435 g/mol. The first-order valence-corrected chi connectivity index (χ1v) is 9.50. The van der Waals surface area contributed by atoms with Gasteiger partial charge in [0.15, 0.2) is 0 Å². The third-order valence-corrected chi connectivity index (χ3v) is 4.91. The van der Waals surface area contributed by atoms with E-state index in [9.17, 15) is 9.18 Å². The van der Waals surface area contributed by atoms with Gasteiger partial charge in [0.05, 0.1) is 5.75 Å². The molecule has 8 heteroatoms. The first-order valence-electron chi connectivity index (χ1n) is 7.72. The van der Waals surface area contributed by atoms with Crippen LogP contribution in [0.4, 0.5) is 4.39 Å². The zero-order valence-corrected chi connectivity index (χ0v) is 16.3. The molecule has 1 aromatic heterocycles. The number of carbonyl (C=O) groups is 1. The van der Waals surface area contributed by atoms with Crippen LogP contribution in [0.15, 0.2) is 62.6 Å². The molecule has 0 radical (unpaired) electrons. The summed E-state index contributed by atoms with van der Waals surface area (Å²) in [4.78, 5) is 13.8. The van der Waals surface area contributed by atoms with Crippen LogP contribution in [0.2, 0.25) is 0 Å². The Hall–Kier alpha value is -2.19. The molecule has 0 aliphatic carbocycles. The standard InChI is InChI=1S/C18H15BrFN3O2S/c1-23(10-12-2-8-15(20)9-3-12)16(24)11-26-18-22-21-17(25-18)13-4-6-14(19)7-5-13/h2-9H,10-11H2,1H3. The summed E-state index contributed by atoms with van der Waals surface area (Å²) in [7, 11) is 1.70. The molecule has 0 unspecified atom stereocenters. The van der Waals surface area contributed by atoms with Crippen LogP contribution in [0.3, 0.4) is 0 Å². The summed E-state index contributed by atoms with van der Waals surface area (Å²) in [6.07, 6.45) is 0. The van der Waals surface area contributed by atoms with Gasteiger partial charge in [0.2, 0.25) is 11.8 Å². The lowest BCUT2D eigenvalue weighted by atomic mass is 10.2. The molecule has 0 fully saturated rings. The van der Waals surface area contributed by atoms with Crippen LogP contribution in [0, 0.1) is 5.82 Å². The van der Waals surface area contributed by atoms with Crippen LogP contribution >= 0.6 is 27.7 Å². The Kier molecular flexibility index (Phi) is 6.05. The van der Waals surface area contributed by atoms with E-state index in [1.807, 2.05) is 24.3 Å². The molecule has 0 aliphatic rings. The highest BCUT2D eigenvalue weighted by Gasteiger charge is 2.14. The topological polar surface area (TPSA) is 59.2 Å². The zero-order valence-electron chi connectivity index (χ0n) is 13.9. The fourth-order valence-electron chi connectivity index (χ4n) is 2.16. The number of hydrogen-bond donors (Lipinski definition) is 0. The SMILES string of the molecule is CN(Cc1ccc(F)cc1)C(=O)CSc1nnc(-c2ccc(Br)cc2)o1. The first-order chi connectivity index (χ1) is 12.5. The number of carbonyl (C=O) groups excluding carboxylic acids is 1. The number of amides is 1. The molecule has 0 N–H and O–H groups in total. The third-order valence-electron chi connectivity index (χ3n) is 3.58. The Bertz CT molecular complexity index is 884. The van der Waals surface area contributed by atoms with Crippen molar-refractivity contribution < 1.29 is 13.6 Å². The highest BCUT2D eigenvalue weighted by Crippen LogP contribution is 2.24. The molecule has 134 valence electrons. The average Bonchev–Trinajstić information content (AvgIpc) is 3.11. The fourth-order valence-corrected chi connectivity index (χ4v) is 3.13. The van der Waals surface area contributed by atoms with Crippen molar-refractivity contribution in [1.82, 2.24) is 15.1 Å². The van der Waals surface area contributed by atoms with Gasteiger partial charge in [0.25, 0.3) is 5.22 Å². The maximum Gasteiger partial charge on any atom is 0.277 e. The molecule has 1 amide bonds. The average molecular weight is 436 g/mol. The van der Waals surface area contributed by atoms with Crippen molar-refractivity contribution in [2.45, 2.75) is 11.8 Å². The molecule has 0 bridgehead atoms. The van der Waals surface area contributed by atoms with Crippen LogP contribution in [0.25, 0.3) is 11.5 Å². The molecule has 5 nitrogen and oxygen atoms in total. The molecule has 3 aromatic rings. The maximum atomic E-state index is 12.9. The van der Waals surface area contributed by atoms with Gasteiger partial charge in [-0.1, -0.05) is 39.8 Å². The largest absolute Gasteiger partial charge is 0.411 e. The molecule has 2 aromatic carbocycles. The molecule has 0 aliphatic heterocycles. The van der Waals surface area contributed by atoms with Gasteiger partial charge >= 0.3 is 0 Å². The molecule has 3 rings (SSSR count). The number of halogens is 2. The number of thioether (sulfide) groups is 1. The smallest absolute Gasteiger partial charge is 0.277 e. The van der Waals surface area contributed by atoms with Gasteiger partial charge in [-0.15, -0.1) is 10.2 Å². The van der Waals surface area contributed by atoms with Gasteiger partial charge in [-0.25, -0.2) is 4.39 Å². The zero-order chi connectivity index (χ0) is 18.5. The van der Waals surface area contributed by atoms with Gasteiger partial charge in [-0.05, 0) is 42.0 Å². The van der Waals surface area contributed by atoms with E-state index < -0.39 is 0 Å². The van der Waals surface area contributed by atoms with E-state index in [0.717, 1.165) is 15.6 Å². The summed E-state index contributed by atoms with van der Waals surface area (Å²) >= 11 is 4.56. The number of rotatable bonds is 6. The van der Waals surface area contributed by atoms with Gasteiger partial charge in [-0.3, -0.25) is 4.79 Å². The molecule has 0 saturated heterocycles. The Balaban J connectivity index is 1.54. The highest BCUT2D eigenvalue weighted by molar-refractivity contribution is 9.10. The Morgan fingerprint density at radius 1 is 1.15 bits per heavy atom. The molecule has 0 spiro atoms. The van der Waals surface area contributed by atoms with Crippen molar-refractivity contribution in [2.24, 2.45) is 0 Å². The third kappa shape index (κ3) is 4.92. The van der Waals surface area contributed by atoms with Crippen molar-refractivity contribution in [3.63, 3.8) is 0 Å². The molecular formula is C18H15BrFN3O2S. The van der Waals surface area contributed by atoms with Crippen LogP contribution in [-0.4, -0.2) is 33.8 Å². The van der Waals surface area contributed by atoms with E-state index in [0.29, 0.717) is 17.7 Å². The Morgan fingerprint density at radius 3 is 2.54 bits per heavy atom. The second-order valence-electron chi connectivity index (χ2n) is 5.54. The van der Waals surface area contributed by atoms with E-state index in [2.05, 4.69) is 26.1 Å². The normalized spacial score (nSPS) is 10.7. The van der Waals surface area contributed by atoms with E-state index in [-0.39, 0.29) is 17.5 Å². The maximum absolute atomic E-state index is 12.9. The van der Waals surface area contributed by atoms with Gasteiger partial charge in [0, 0.05) is 23.6 Å². The summed E-state index contributed by atoms with van der Waals surface area (Å²) in [6, 6.07) is 13.6. The van der Waals surface area contributed by atoms with Crippen LogP contribution < -0.4 is 0 Å². The second kappa shape index (κ2) is 8.46. The van der Waals surface area contributed by atoms with E-state index >= 15 is 0 Å². The van der Waals surface area contributed by atoms with Crippen LogP contribution in [0.1, 0.15) is 5.56 Å². The van der Waals surface area contributed by atoms with Crippen molar-refractivity contribution in [1.29, 1.82) is 0 Å². The lowest BCUT2D eigenvalue weighted by molar-refractivity contribution is -0.127. The van der Waals surface area contributed by atoms with Crippen LogP contribution in [0.5, 0.6) is 0 Å². The second-order valence-corrected chi connectivity index (χ2v) is 7.39. The molecule has 26 heavy (non-hydrogen) atoms. The summed E-state index contributed by atoms with van der Waals surface area (Å²) in [5.41, 5.74) is 1.68. The van der Waals surface area contributed by atoms with E-state index in [4.69, 9.17) is 4.42 Å². The Morgan fingerprint density at radius 2 is 1.85 bits per heavy atom. The number of nitrogens with zero attached hydrogens (tertiary/aromatic N) is 3. The van der Waals surface area contributed by atoms with Crippen LogP contribution in [-0.2, 0) is 11.3 Å². The van der Waals surface area contributed by atoms with Crippen molar-refractivity contribution >= 4 is 33.6 Å². The predicted octanol–water partition coefficient (Wildman–Crippen LogP) is 4.39. The fraction of sp³-hybridized carbons (Fsp3) is 0.167. The Labute approximate surface area is 162 Å². The minimum atomic E-state index is -0.295. The summed E-state index contributed by atoms with van der Waals surface area (Å²) in [6.45, 7) is 0.410. The quantitative estimate of drug-likeness (QED) is 0.537. The molecule has 1 heterocycles. The van der Waals surface area contributed by atoms with Crippen molar-refractivity contribution in [3.8, 4) is 11.5 Å². The van der Waals surface area contributed by atoms with Gasteiger partial charge < -0.3 is 9.32 Å². The number of hydrogen-bond acceptors (Lipinski definition) is 5. The highest BCUT2D eigenvalue weighted by atomic mass is 79.9. The minimum Gasteiger partial charge on any atom is -0.411 e. The molecule has 0 atom stereocenters. The van der Waals surface area contributed by atoms with Gasteiger partial charge in [-0.2, -0.15) is 0 Å². The molecular weight excluding hydrogens is 421 g/mol. The predicted molar refractivity (Wildman–Crippen MR) is 101 cm³/mol. The van der Waals surface area contributed by atoms with Gasteiger partial charge in [0.1, 0.15) is 5.82 Å². The van der Waals surface area contributed by atoms with Crippen molar-refractivity contribution in [3.05, 3.63) is 64.4 Å². The first kappa shape index (κ1) is 18.6. The minimum absolute atomic E-state index is 0.0808. The van der Waals surface area contributed by atoms with Crippen molar-refractivity contribution in [2.75, 3.05) is 12.8 Å². The summed E-state index contributed by atoms with van der Waals surface area (Å²) in [5, 5.41) is 8.30. The van der Waals surface area contributed by atoms with E-state index in [1.165, 1.54) is 23.9 Å².